The van der Waals surface area contributed by atoms with Crippen LogP contribution in [0.3, 0.4) is 0 Å². The Kier molecular flexibility index (Phi) is 5.42. The van der Waals surface area contributed by atoms with Crippen LogP contribution >= 0.6 is 11.6 Å². The molecule has 0 amide bonds. The lowest BCUT2D eigenvalue weighted by Crippen LogP contribution is -2.23. The molecule has 0 spiro atoms. The molecule has 0 aliphatic rings. The van der Waals surface area contributed by atoms with Crippen molar-refractivity contribution in [2.24, 2.45) is 0 Å². The van der Waals surface area contributed by atoms with Crippen molar-refractivity contribution >= 4 is 22.6 Å². The van der Waals surface area contributed by atoms with Crippen molar-refractivity contribution < 1.29 is 9.13 Å². The van der Waals surface area contributed by atoms with Gasteiger partial charge in [-0.05, 0) is 13.6 Å². The monoisotopic (exact) mass is 313 g/mol. The predicted molar refractivity (Wildman–Crippen MR) is 83.8 cm³/mol. The first-order valence-electron chi connectivity index (χ1n) is 7.07. The molecular weight excluding hydrogens is 293 g/mol. The van der Waals surface area contributed by atoms with Gasteiger partial charge >= 0.3 is 0 Å². The molecule has 2 rings (SSSR count). The molecule has 0 saturated heterocycles. The van der Waals surface area contributed by atoms with Crippen LogP contribution < -0.4 is 4.74 Å². The number of likely N-dealkylation sites (N-methyl/N-ethyl adjacent to an activating group) is 1. The molecule has 1 heterocycles. The van der Waals surface area contributed by atoms with Crippen LogP contribution in [-0.2, 0) is 13.0 Å². The number of nitrogens with zero attached hydrogens (tertiary/aromatic N) is 3. The number of ether oxygens (including phenoxy) is 1. The highest BCUT2D eigenvalue weighted by Gasteiger charge is 2.14. The van der Waals surface area contributed by atoms with Gasteiger partial charge < -0.3 is 14.2 Å². The molecule has 0 bridgehead atoms. The van der Waals surface area contributed by atoms with Crippen molar-refractivity contribution in [3.8, 4) is 5.75 Å². The molecule has 6 heteroatoms. The summed E-state index contributed by atoms with van der Waals surface area (Å²) in [7, 11) is 3.54. The number of hydrogen-bond acceptors (Lipinski definition) is 3. The van der Waals surface area contributed by atoms with E-state index >= 15 is 0 Å². The van der Waals surface area contributed by atoms with Crippen molar-refractivity contribution in [2.45, 2.75) is 19.9 Å². The average molecular weight is 314 g/mol. The highest BCUT2D eigenvalue weighted by molar-refractivity contribution is 6.17. The minimum absolute atomic E-state index is 0.241. The summed E-state index contributed by atoms with van der Waals surface area (Å²) in [5, 5.41) is 0. The highest BCUT2D eigenvalue weighted by Crippen LogP contribution is 2.25. The zero-order valence-electron chi connectivity index (χ0n) is 12.7. The van der Waals surface area contributed by atoms with Gasteiger partial charge in [-0.15, -0.1) is 11.6 Å². The minimum Gasteiger partial charge on any atom is -0.494 e. The number of aryl methyl sites for hydroxylation is 1. The van der Waals surface area contributed by atoms with Crippen LogP contribution in [0.1, 0.15) is 12.7 Å². The lowest BCUT2D eigenvalue weighted by Gasteiger charge is -2.16. The third-order valence-electron chi connectivity index (χ3n) is 3.66. The maximum atomic E-state index is 13.8. The Hall–Kier alpha value is -1.33. The van der Waals surface area contributed by atoms with Gasteiger partial charge in [0, 0.05) is 37.5 Å². The summed E-state index contributed by atoms with van der Waals surface area (Å²) >= 11 is 5.85. The van der Waals surface area contributed by atoms with E-state index in [9.17, 15) is 4.39 Å². The number of rotatable bonds is 7. The number of benzene rings is 1. The third kappa shape index (κ3) is 3.47. The van der Waals surface area contributed by atoms with Gasteiger partial charge in [-0.1, -0.05) is 6.92 Å². The SMILES string of the molecule is CCN(C)CCn1c(CCCl)nc2cc(F)c(OC)cc21. The number of aromatic nitrogens is 2. The number of methoxy groups -OCH3 is 1. The second-order valence-corrected chi connectivity index (χ2v) is 5.37. The van der Waals surface area contributed by atoms with Crippen molar-refractivity contribution in [2.75, 3.05) is 33.1 Å². The standard InChI is InChI=1S/C15H21ClFN3O/c1-4-19(2)7-8-20-13-10-14(21-3)11(17)9-12(13)18-15(20)5-6-16/h9-10H,4-8H2,1-3H3. The first kappa shape index (κ1) is 16.0. The Balaban J connectivity index is 2.44. The number of imidazole rings is 1. The van der Waals surface area contributed by atoms with Crippen molar-refractivity contribution in [3.63, 3.8) is 0 Å². The molecule has 0 atom stereocenters. The quantitative estimate of drug-likeness (QED) is 0.736. The number of hydrogen-bond donors (Lipinski definition) is 0. The second kappa shape index (κ2) is 7.09. The van der Waals surface area contributed by atoms with Gasteiger partial charge in [0.2, 0.25) is 0 Å². The van der Waals surface area contributed by atoms with E-state index in [2.05, 4.69) is 28.4 Å². The molecule has 1 aromatic heterocycles. The average Bonchev–Trinajstić information content (AvgIpc) is 2.80. The first-order valence-corrected chi connectivity index (χ1v) is 7.61. The Morgan fingerprint density at radius 2 is 2.19 bits per heavy atom. The van der Waals surface area contributed by atoms with Crippen molar-refractivity contribution in [1.82, 2.24) is 14.5 Å². The largest absolute Gasteiger partial charge is 0.494 e. The Morgan fingerprint density at radius 3 is 2.81 bits per heavy atom. The highest BCUT2D eigenvalue weighted by atomic mass is 35.5. The zero-order valence-corrected chi connectivity index (χ0v) is 13.5. The van der Waals surface area contributed by atoms with E-state index < -0.39 is 5.82 Å². The van der Waals surface area contributed by atoms with E-state index in [1.807, 2.05) is 0 Å². The maximum absolute atomic E-state index is 13.8. The van der Waals surface area contributed by atoms with Gasteiger partial charge in [-0.2, -0.15) is 0 Å². The van der Waals surface area contributed by atoms with Gasteiger partial charge in [0.15, 0.2) is 11.6 Å². The zero-order chi connectivity index (χ0) is 15.4. The molecule has 21 heavy (non-hydrogen) atoms. The molecule has 0 N–H and O–H groups in total. The summed E-state index contributed by atoms with van der Waals surface area (Å²) < 4.78 is 21.0. The Bertz CT molecular complexity index is 614. The molecule has 0 aliphatic carbocycles. The summed E-state index contributed by atoms with van der Waals surface area (Å²) in [5.74, 6) is 1.23. The van der Waals surface area contributed by atoms with Gasteiger partial charge in [0.25, 0.3) is 0 Å². The molecule has 0 unspecified atom stereocenters. The van der Waals surface area contributed by atoms with E-state index in [0.717, 1.165) is 31.0 Å². The van der Waals surface area contributed by atoms with E-state index in [1.165, 1.54) is 13.2 Å². The maximum Gasteiger partial charge on any atom is 0.167 e. The molecule has 1 aromatic carbocycles. The lowest BCUT2D eigenvalue weighted by atomic mass is 10.3. The number of fused-ring (bicyclic) bond motifs is 1. The molecule has 0 saturated carbocycles. The summed E-state index contributed by atoms with van der Waals surface area (Å²) in [6, 6.07) is 3.13. The second-order valence-electron chi connectivity index (χ2n) is 4.99. The van der Waals surface area contributed by atoms with E-state index in [-0.39, 0.29) is 5.75 Å². The smallest absolute Gasteiger partial charge is 0.167 e. The fourth-order valence-corrected chi connectivity index (χ4v) is 2.46. The van der Waals surface area contributed by atoms with Gasteiger partial charge in [0.1, 0.15) is 5.82 Å². The van der Waals surface area contributed by atoms with Crippen LogP contribution in [0.2, 0.25) is 0 Å². The normalized spacial score (nSPS) is 11.5. The first-order chi connectivity index (χ1) is 10.1. The number of alkyl halides is 1. The molecule has 2 aromatic rings. The third-order valence-corrected chi connectivity index (χ3v) is 3.85. The van der Waals surface area contributed by atoms with Gasteiger partial charge in [-0.25, -0.2) is 9.37 Å². The molecule has 4 nitrogen and oxygen atoms in total. The van der Waals surface area contributed by atoms with Gasteiger partial charge in [-0.3, -0.25) is 0 Å². The van der Waals surface area contributed by atoms with E-state index in [1.54, 1.807) is 6.07 Å². The van der Waals surface area contributed by atoms with Crippen LogP contribution in [0.4, 0.5) is 4.39 Å². The molecule has 0 aliphatic heterocycles. The number of halogens is 2. The van der Waals surface area contributed by atoms with Crippen LogP contribution in [0.5, 0.6) is 5.75 Å². The van der Waals surface area contributed by atoms with Crippen LogP contribution in [-0.4, -0.2) is 47.6 Å². The fraction of sp³-hybridized carbons (Fsp3) is 0.533. The Morgan fingerprint density at radius 1 is 1.43 bits per heavy atom. The van der Waals surface area contributed by atoms with Gasteiger partial charge in [0.05, 0.1) is 18.1 Å². The van der Waals surface area contributed by atoms with Crippen LogP contribution in [0.25, 0.3) is 11.0 Å². The molecule has 116 valence electrons. The van der Waals surface area contributed by atoms with Crippen molar-refractivity contribution in [1.29, 1.82) is 0 Å². The van der Waals surface area contributed by atoms with Crippen LogP contribution in [0, 0.1) is 5.82 Å². The van der Waals surface area contributed by atoms with Crippen molar-refractivity contribution in [3.05, 3.63) is 23.8 Å². The summed E-state index contributed by atoms with van der Waals surface area (Å²) in [4.78, 5) is 6.73. The van der Waals surface area contributed by atoms with Crippen LogP contribution in [0.15, 0.2) is 12.1 Å². The predicted octanol–water partition coefficient (Wildman–Crippen LogP) is 2.92. The Labute approximate surface area is 129 Å². The lowest BCUT2D eigenvalue weighted by molar-refractivity contribution is 0.335. The summed E-state index contributed by atoms with van der Waals surface area (Å²) in [5.41, 5.74) is 1.53. The molecule has 0 radical (unpaired) electrons. The van der Waals surface area contributed by atoms with E-state index in [0.29, 0.717) is 17.8 Å². The summed E-state index contributed by atoms with van der Waals surface area (Å²) in [6.45, 7) is 4.79. The topological polar surface area (TPSA) is 30.3 Å². The molecule has 0 fully saturated rings. The van der Waals surface area contributed by atoms with E-state index in [4.69, 9.17) is 16.3 Å². The fourth-order valence-electron chi connectivity index (χ4n) is 2.29. The summed E-state index contributed by atoms with van der Waals surface area (Å²) in [6.07, 6.45) is 0.663. The molecular formula is C15H21ClFN3O. The minimum atomic E-state index is -0.391.